The molecule has 2 atom stereocenters. The molecule has 1 fully saturated rings. The van der Waals surface area contributed by atoms with E-state index in [1.54, 1.807) is 55.6 Å². The van der Waals surface area contributed by atoms with E-state index in [9.17, 15) is 17.4 Å². The fourth-order valence-corrected chi connectivity index (χ4v) is 6.57. The predicted molar refractivity (Wildman–Crippen MR) is 153 cm³/mol. The van der Waals surface area contributed by atoms with Crippen LogP contribution in [0.15, 0.2) is 66.1 Å². The molecule has 40 heavy (non-hydrogen) atoms. The van der Waals surface area contributed by atoms with Crippen molar-refractivity contribution in [3.63, 3.8) is 0 Å². The number of benzene rings is 1. The van der Waals surface area contributed by atoms with Crippen LogP contribution in [0.25, 0.3) is 5.52 Å². The van der Waals surface area contributed by atoms with Gasteiger partial charge in [-0.1, -0.05) is 18.2 Å². The van der Waals surface area contributed by atoms with Crippen LogP contribution in [0.4, 0.5) is 11.5 Å². The first-order valence-corrected chi connectivity index (χ1v) is 16.0. The summed E-state index contributed by atoms with van der Waals surface area (Å²) in [5.74, 6) is 3.86. The van der Waals surface area contributed by atoms with E-state index in [1.807, 2.05) is 0 Å². The van der Waals surface area contributed by atoms with Gasteiger partial charge in [0.15, 0.2) is 5.82 Å². The third-order valence-corrected chi connectivity index (χ3v) is 9.38. The van der Waals surface area contributed by atoms with Gasteiger partial charge in [0.25, 0.3) is 5.91 Å². The summed E-state index contributed by atoms with van der Waals surface area (Å²) < 4.78 is 48.8. The summed E-state index contributed by atoms with van der Waals surface area (Å²) >= 11 is 0. The SMILES string of the molecule is C=S(=O)(NC(=O)c1cn2ncnc(Nc3cccnc3OC3CCCN(S(C)(=O)=O)C3)c2c1C)c1ccccc1. The maximum absolute atomic E-state index is 13.2. The van der Waals surface area contributed by atoms with Crippen molar-refractivity contribution in [1.82, 2.24) is 28.6 Å². The van der Waals surface area contributed by atoms with E-state index in [0.29, 0.717) is 52.7 Å². The van der Waals surface area contributed by atoms with Crippen molar-refractivity contribution in [2.75, 3.05) is 24.7 Å². The number of aryl methyl sites for hydroxylation is 1. The zero-order chi connectivity index (χ0) is 28.5. The van der Waals surface area contributed by atoms with Gasteiger partial charge in [-0.05, 0) is 55.5 Å². The standard InChI is InChI=1S/C26H29N7O5S2/c1-18-21(25(34)31-39(2,35)20-10-5-4-6-11-20)16-33-23(18)24(28-17-29-33)30-22-12-7-13-27-26(22)38-19-9-8-14-32(15-19)40(3,36)37/h4-7,10-13,16-17,19H,2,8-9,14-15H2,1,3H3,(H,28,29,30)(H,31,34,35). The molecule has 1 aliphatic heterocycles. The quantitative estimate of drug-likeness (QED) is 0.298. The Labute approximate surface area is 232 Å². The molecule has 12 nitrogen and oxygen atoms in total. The molecule has 1 aliphatic rings. The lowest BCUT2D eigenvalue weighted by Gasteiger charge is -2.31. The Morgan fingerprint density at radius 3 is 2.65 bits per heavy atom. The summed E-state index contributed by atoms with van der Waals surface area (Å²) in [7, 11) is -6.41. The minimum absolute atomic E-state index is 0.237. The average molecular weight is 584 g/mol. The Morgan fingerprint density at radius 2 is 1.90 bits per heavy atom. The lowest BCUT2D eigenvalue weighted by Crippen LogP contribution is -2.43. The molecular weight excluding hydrogens is 554 g/mol. The first-order chi connectivity index (χ1) is 19.0. The van der Waals surface area contributed by atoms with E-state index in [2.05, 4.69) is 31.0 Å². The molecule has 210 valence electrons. The first-order valence-electron chi connectivity index (χ1n) is 12.4. The fraction of sp³-hybridized carbons (Fsp3) is 0.269. The van der Waals surface area contributed by atoms with Gasteiger partial charge in [-0.2, -0.15) is 9.40 Å². The van der Waals surface area contributed by atoms with Crippen molar-refractivity contribution in [3.05, 3.63) is 72.3 Å². The molecule has 14 heteroatoms. The second-order valence-corrected chi connectivity index (χ2v) is 13.5. The summed E-state index contributed by atoms with van der Waals surface area (Å²) in [6.07, 6.45) is 6.66. The Hall–Kier alpha value is -4.01. The highest BCUT2D eigenvalue weighted by Crippen LogP contribution is 2.30. The molecule has 0 radical (unpaired) electrons. The highest BCUT2D eigenvalue weighted by molar-refractivity contribution is 7.99. The van der Waals surface area contributed by atoms with Crippen LogP contribution < -0.4 is 14.8 Å². The Bertz CT molecular complexity index is 1770. The second kappa shape index (κ2) is 10.9. The number of aromatic nitrogens is 4. The summed E-state index contributed by atoms with van der Waals surface area (Å²) in [6, 6.07) is 12.0. The molecule has 2 N–H and O–H groups in total. The number of nitrogens with zero attached hydrogens (tertiary/aromatic N) is 5. The first kappa shape index (κ1) is 27.6. The Kier molecular flexibility index (Phi) is 7.49. The van der Waals surface area contributed by atoms with Gasteiger partial charge in [0.05, 0.1) is 28.1 Å². The van der Waals surface area contributed by atoms with Crippen LogP contribution in [-0.2, 0) is 19.7 Å². The lowest BCUT2D eigenvalue weighted by molar-refractivity contribution is 0.0982. The molecule has 0 saturated carbocycles. The monoisotopic (exact) mass is 583 g/mol. The topological polar surface area (TPSA) is 148 Å². The van der Waals surface area contributed by atoms with Gasteiger partial charge in [-0.25, -0.2) is 27.1 Å². The minimum atomic E-state index is -3.33. The smallest absolute Gasteiger partial charge is 0.264 e. The number of anilines is 2. The van der Waals surface area contributed by atoms with Crippen molar-refractivity contribution in [2.45, 2.75) is 30.8 Å². The Morgan fingerprint density at radius 1 is 1.12 bits per heavy atom. The summed E-state index contributed by atoms with van der Waals surface area (Å²) in [5, 5.41) is 7.46. The zero-order valence-electron chi connectivity index (χ0n) is 22.0. The second-order valence-electron chi connectivity index (χ2n) is 9.47. The number of amides is 1. The molecule has 3 aromatic heterocycles. The predicted octanol–water partition coefficient (Wildman–Crippen LogP) is 2.40. The number of pyridine rings is 1. The molecule has 1 saturated heterocycles. The van der Waals surface area contributed by atoms with Crippen molar-refractivity contribution < 1.29 is 22.2 Å². The lowest BCUT2D eigenvalue weighted by atomic mass is 10.1. The van der Waals surface area contributed by atoms with Gasteiger partial charge in [-0.15, -0.1) is 0 Å². The van der Waals surface area contributed by atoms with Crippen LogP contribution in [0, 0.1) is 6.92 Å². The van der Waals surface area contributed by atoms with Crippen LogP contribution in [0.2, 0.25) is 0 Å². The average Bonchev–Trinajstić information content (AvgIpc) is 3.27. The van der Waals surface area contributed by atoms with Crippen molar-refractivity contribution in [2.24, 2.45) is 0 Å². The van der Waals surface area contributed by atoms with E-state index >= 15 is 0 Å². The summed E-state index contributed by atoms with van der Waals surface area (Å²) in [5.41, 5.74) is 1.86. The molecule has 5 rings (SSSR count). The molecule has 4 aromatic rings. The van der Waals surface area contributed by atoms with Crippen molar-refractivity contribution >= 4 is 48.5 Å². The van der Waals surface area contributed by atoms with E-state index in [4.69, 9.17) is 4.74 Å². The minimum Gasteiger partial charge on any atom is -0.471 e. The maximum atomic E-state index is 13.2. The third-order valence-electron chi connectivity index (χ3n) is 6.57. The van der Waals surface area contributed by atoms with E-state index < -0.39 is 25.6 Å². The van der Waals surface area contributed by atoms with Gasteiger partial charge < -0.3 is 10.1 Å². The number of hydrogen-bond donors (Lipinski definition) is 2. The van der Waals surface area contributed by atoms with Crippen LogP contribution in [0.5, 0.6) is 5.88 Å². The number of rotatable bonds is 8. The highest BCUT2D eigenvalue weighted by Gasteiger charge is 2.28. The van der Waals surface area contributed by atoms with E-state index in [-0.39, 0.29) is 18.2 Å². The molecule has 0 bridgehead atoms. The van der Waals surface area contributed by atoms with Gasteiger partial charge in [0, 0.05) is 23.8 Å². The fourth-order valence-electron chi connectivity index (χ4n) is 4.55. The molecule has 0 spiro atoms. The number of hydrogen-bond acceptors (Lipinski definition) is 9. The number of nitrogens with one attached hydrogen (secondary N) is 2. The van der Waals surface area contributed by atoms with Crippen LogP contribution >= 0.6 is 0 Å². The van der Waals surface area contributed by atoms with Gasteiger partial charge in [0.1, 0.15) is 23.6 Å². The summed E-state index contributed by atoms with van der Waals surface area (Å²) in [6.45, 7) is 2.44. The largest absolute Gasteiger partial charge is 0.471 e. The molecule has 1 aromatic carbocycles. The van der Waals surface area contributed by atoms with Gasteiger partial charge in [-0.3, -0.25) is 9.52 Å². The maximum Gasteiger partial charge on any atom is 0.264 e. The van der Waals surface area contributed by atoms with Crippen LogP contribution in [0.1, 0.15) is 28.8 Å². The molecular formula is C26H29N7O5S2. The molecule has 0 aliphatic carbocycles. The zero-order valence-corrected chi connectivity index (χ0v) is 23.6. The number of carbonyl (C=O) groups is 1. The Balaban J connectivity index is 1.41. The normalized spacial score (nSPS) is 17.7. The number of piperidine rings is 1. The molecule has 1 amide bonds. The number of ether oxygens (including phenoxy) is 1. The molecule has 2 unspecified atom stereocenters. The van der Waals surface area contributed by atoms with Crippen LogP contribution in [-0.4, -0.2) is 73.7 Å². The van der Waals surface area contributed by atoms with Crippen molar-refractivity contribution in [3.8, 4) is 5.88 Å². The van der Waals surface area contributed by atoms with Crippen molar-refractivity contribution in [1.29, 1.82) is 0 Å². The van der Waals surface area contributed by atoms with Crippen LogP contribution in [0.3, 0.4) is 0 Å². The van der Waals surface area contributed by atoms with E-state index in [0.717, 1.165) is 0 Å². The van der Waals surface area contributed by atoms with Gasteiger partial charge in [0.2, 0.25) is 15.9 Å². The summed E-state index contributed by atoms with van der Waals surface area (Å²) in [4.78, 5) is 22.3. The number of fused-ring (bicyclic) bond motifs is 1. The molecule has 4 heterocycles. The number of sulfonamides is 1. The highest BCUT2D eigenvalue weighted by atomic mass is 32.2. The van der Waals surface area contributed by atoms with E-state index in [1.165, 1.54) is 27.6 Å². The third kappa shape index (κ3) is 5.78. The van der Waals surface area contributed by atoms with Gasteiger partial charge >= 0.3 is 0 Å². The number of carbonyl (C=O) groups excluding carboxylic acids is 1.